The summed E-state index contributed by atoms with van der Waals surface area (Å²) in [7, 11) is 0. The summed E-state index contributed by atoms with van der Waals surface area (Å²) in [5.74, 6) is -1.79. The van der Waals surface area contributed by atoms with Crippen LogP contribution in [0.1, 0.15) is 22.7 Å². The standard InChI is InChI=1S/C24H16ClN3O3S/c1-13-4-9-17-18(11-13)32-24(27-17)28-20(15-3-2-10-26-12-15)19(22(30)23(28)31)21(29)14-5-7-16(25)8-6-14/h2-12,20,29H,1H3. The van der Waals surface area contributed by atoms with Crippen molar-refractivity contribution in [1.29, 1.82) is 0 Å². The van der Waals surface area contributed by atoms with E-state index in [-0.39, 0.29) is 11.3 Å². The molecule has 0 aliphatic carbocycles. The summed E-state index contributed by atoms with van der Waals surface area (Å²) in [6.45, 7) is 1.98. The summed E-state index contributed by atoms with van der Waals surface area (Å²) in [6.07, 6.45) is 3.19. The topological polar surface area (TPSA) is 83.4 Å². The fraction of sp³-hybridized carbons (Fsp3) is 0.0833. The number of carbonyl (C=O) groups excluding carboxylic acids is 2. The molecule has 5 rings (SSSR count). The number of rotatable bonds is 3. The van der Waals surface area contributed by atoms with Gasteiger partial charge in [0.2, 0.25) is 0 Å². The van der Waals surface area contributed by atoms with Crippen molar-refractivity contribution in [3.8, 4) is 0 Å². The molecule has 1 unspecified atom stereocenters. The number of aliphatic hydroxyl groups is 1. The second-order valence-corrected chi connectivity index (χ2v) is 8.88. The maximum atomic E-state index is 13.2. The number of anilines is 1. The van der Waals surface area contributed by atoms with Gasteiger partial charge in [0.05, 0.1) is 21.8 Å². The molecule has 1 aliphatic heterocycles. The van der Waals surface area contributed by atoms with Crippen LogP contribution in [0.3, 0.4) is 0 Å². The third-order valence-electron chi connectivity index (χ3n) is 5.30. The third-order valence-corrected chi connectivity index (χ3v) is 6.57. The summed E-state index contributed by atoms with van der Waals surface area (Å²) >= 11 is 7.29. The molecule has 158 valence electrons. The highest BCUT2D eigenvalue weighted by Crippen LogP contribution is 2.44. The number of halogens is 1. The maximum absolute atomic E-state index is 13.2. The average molecular weight is 462 g/mol. The number of pyridine rings is 1. The van der Waals surface area contributed by atoms with Crippen molar-refractivity contribution in [2.24, 2.45) is 0 Å². The Labute approximate surface area is 192 Å². The monoisotopic (exact) mass is 461 g/mol. The van der Waals surface area contributed by atoms with E-state index >= 15 is 0 Å². The molecule has 0 bridgehead atoms. The lowest BCUT2D eigenvalue weighted by Crippen LogP contribution is -2.29. The van der Waals surface area contributed by atoms with Crippen molar-refractivity contribution in [2.75, 3.05) is 4.90 Å². The van der Waals surface area contributed by atoms with Gasteiger partial charge in [-0.05, 0) is 60.5 Å². The average Bonchev–Trinajstić information content (AvgIpc) is 3.32. The smallest absolute Gasteiger partial charge is 0.301 e. The van der Waals surface area contributed by atoms with Crippen LogP contribution in [0.25, 0.3) is 16.0 Å². The van der Waals surface area contributed by atoms with Crippen molar-refractivity contribution in [3.05, 3.63) is 94.3 Å². The Hall–Kier alpha value is -3.55. The number of nitrogens with zero attached hydrogens (tertiary/aromatic N) is 3. The minimum atomic E-state index is -0.860. The highest BCUT2D eigenvalue weighted by atomic mass is 35.5. The van der Waals surface area contributed by atoms with E-state index in [4.69, 9.17) is 11.6 Å². The second kappa shape index (κ2) is 7.85. The van der Waals surface area contributed by atoms with E-state index in [1.807, 2.05) is 25.1 Å². The van der Waals surface area contributed by atoms with Gasteiger partial charge >= 0.3 is 5.91 Å². The molecule has 32 heavy (non-hydrogen) atoms. The van der Waals surface area contributed by atoms with Gasteiger partial charge in [0.1, 0.15) is 5.76 Å². The van der Waals surface area contributed by atoms with E-state index in [2.05, 4.69) is 9.97 Å². The number of fused-ring (bicyclic) bond motifs is 1. The molecule has 1 fully saturated rings. The maximum Gasteiger partial charge on any atom is 0.301 e. The predicted molar refractivity (Wildman–Crippen MR) is 125 cm³/mol. The van der Waals surface area contributed by atoms with Gasteiger partial charge in [-0.25, -0.2) is 4.98 Å². The number of aromatic nitrogens is 2. The minimum absolute atomic E-state index is 0.0132. The summed E-state index contributed by atoms with van der Waals surface area (Å²) in [6, 6.07) is 14.9. The lowest BCUT2D eigenvalue weighted by Gasteiger charge is -2.22. The first-order chi connectivity index (χ1) is 15.4. The molecule has 3 heterocycles. The number of aryl methyl sites for hydroxylation is 1. The van der Waals surface area contributed by atoms with Gasteiger partial charge in [-0.15, -0.1) is 0 Å². The molecule has 1 amide bonds. The number of Topliss-reactive ketones (excluding diaryl/α,β-unsaturated/α-hetero) is 1. The number of amides is 1. The van der Waals surface area contributed by atoms with Crippen LogP contribution >= 0.6 is 22.9 Å². The highest BCUT2D eigenvalue weighted by molar-refractivity contribution is 7.22. The second-order valence-electron chi connectivity index (χ2n) is 7.43. The fourth-order valence-electron chi connectivity index (χ4n) is 3.77. The number of carbonyl (C=O) groups is 2. The molecule has 1 saturated heterocycles. The molecular weight excluding hydrogens is 446 g/mol. The van der Waals surface area contributed by atoms with Crippen LogP contribution in [0.2, 0.25) is 5.02 Å². The van der Waals surface area contributed by atoms with E-state index in [9.17, 15) is 14.7 Å². The molecular formula is C24H16ClN3O3S. The number of ketones is 1. The Kier molecular flexibility index (Phi) is 5.00. The van der Waals surface area contributed by atoms with E-state index < -0.39 is 17.7 Å². The van der Waals surface area contributed by atoms with E-state index in [0.717, 1.165) is 15.8 Å². The van der Waals surface area contributed by atoms with Gasteiger partial charge in [-0.1, -0.05) is 35.1 Å². The van der Waals surface area contributed by atoms with Crippen molar-refractivity contribution >= 4 is 55.7 Å². The lowest BCUT2D eigenvalue weighted by molar-refractivity contribution is -0.132. The first-order valence-electron chi connectivity index (χ1n) is 9.78. The van der Waals surface area contributed by atoms with Crippen LogP contribution in [0.15, 0.2) is 72.6 Å². The summed E-state index contributed by atoms with van der Waals surface area (Å²) in [5.41, 5.74) is 2.78. The Bertz CT molecular complexity index is 1400. The van der Waals surface area contributed by atoms with Crippen molar-refractivity contribution in [3.63, 3.8) is 0 Å². The first kappa shape index (κ1) is 20.4. The quantitative estimate of drug-likeness (QED) is 0.255. The number of hydrogen-bond donors (Lipinski definition) is 1. The van der Waals surface area contributed by atoms with Gasteiger partial charge in [-0.3, -0.25) is 19.5 Å². The summed E-state index contributed by atoms with van der Waals surface area (Å²) < 4.78 is 0.907. The Morgan fingerprint density at radius 1 is 1.12 bits per heavy atom. The summed E-state index contributed by atoms with van der Waals surface area (Å²) in [4.78, 5) is 36.4. The molecule has 2 aromatic heterocycles. The van der Waals surface area contributed by atoms with Crippen LogP contribution < -0.4 is 4.90 Å². The first-order valence-corrected chi connectivity index (χ1v) is 11.0. The lowest BCUT2D eigenvalue weighted by atomic mass is 9.96. The normalized spacial score (nSPS) is 17.9. The van der Waals surface area contributed by atoms with Crippen LogP contribution in [0.5, 0.6) is 0 Å². The molecule has 1 N–H and O–H groups in total. The van der Waals surface area contributed by atoms with Gasteiger partial charge in [0, 0.05) is 23.0 Å². The van der Waals surface area contributed by atoms with E-state index in [0.29, 0.717) is 21.3 Å². The van der Waals surface area contributed by atoms with Crippen molar-refractivity contribution in [1.82, 2.24) is 9.97 Å². The van der Waals surface area contributed by atoms with E-state index in [1.54, 1.807) is 48.8 Å². The Balaban J connectivity index is 1.72. The largest absolute Gasteiger partial charge is 0.507 e. The molecule has 0 spiro atoms. The highest BCUT2D eigenvalue weighted by Gasteiger charge is 2.48. The molecule has 1 atom stereocenters. The molecule has 1 aliphatic rings. The fourth-order valence-corrected chi connectivity index (χ4v) is 4.99. The number of thiazole rings is 1. The number of aliphatic hydroxyl groups excluding tert-OH is 1. The zero-order valence-corrected chi connectivity index (χ0v) is 18.4. The number of hydrogen-bond acceptors (Lipinski definition) is 6. The summed E-state index contributed by atoms with van der Waals surface area (Å²) in [5, 5.41) is 12.0. The van der Waals surface area contributed by atoms with Gasteiger partial charge < -0.3 is 5.11 Å². The van der Waals surface area contributed by atoms with Gasteiger partial charge in [-0.2, -0.15) is 0 Å². The molecule has 6 nitrogen and oxygen atoms in total. The minimum Gasteiger partial charge on any atom is -0.507 e. The predicted octanol–water partition coefficient (Wildman–Crippen LogP) is 5.28. The van der Waals surface area contributed by atoms with Crippen molar-refractivity contribution in [2.45, 2.75) is 13.0 Å². The van der Waals surface area contributed by atoms with Crippen LogP contribution in [-0.4, -0.2) is 26.8 Å². The van der Waals surface area contributed by atoms with Crippen molar-refractivity contribution < 1.29 is 14.7 Å². The molecule has 0 radical (unpaired) electrons. The van der Waals surface area contributed by atoms with Crippen LogP contribution in [0.4, 0.5) is 5.13 Å². The van der Waals surface area contributed by atoms with Crippen LogP contribution in [-0.2, 0) is 9.59 Å². The molecule has 0 saturated carbocycles. The number of benzene rings is 2. The van der Waals surface area contributed by atoms with Gasteiger partial charge in [0.15, 0.2) is 5.13 Å². The molecule has 4 aromatic rings. The molecule has 2 aromatic carbocycles. The third kappa shape index (κ3) is 3.36. The molecule has 8 heteroatoms. The van der Waals surface area contributed by atoms with E-state index in [1.165, 1.54) is 16.2 Å². The van der Waals surface area contributed by atoms with Crippen LogP contribution in [0, 0.1) is 6.92 Å². The Morgan fingerprint density at radius 2 is 1.91 bits per heavy atom. The van der Waals surface area contributed by atoms with Gasteiger partial charge in [0.25, 0.3) is 5.78 Å². The zero-order chi connectivity index (χ0) is 22.4. The SMILES string of the molecule is Cc1ccc2nc(N3C(=O)C(=O)C(=C(O)c4ccc(Cl)cc4)C3c3cccnc3)sc2c1. The zero-order valence-electron chi connectivity index (χ0n) is 16.8. The Morgan fingerprint density at radius 3 is 2.62 bits per heavy atom.